The van der Waals surface area contributed by atoms with Gasteiger partial charge in [0.15, 0.2) is 5.69 Å². The van der Waals surface area contributed by atoms with Gasteiger partial charge in [-0.1, -0.05) is 31.7 Å². The lowest BCUT2D eigenvalue weighted by Crippen LogP contribution is -2.49. The Morgan fingerprint density at radius 2 is 1.81 bits per heavy atom. The van der Waals surface area contributed by atoms with Gasteiger partial charge < -0.3 is 5.32 Å². The molecule has 0 spiro atoms. The third-order valence-electron chi connectivity index (χ3n) is 6.08. The SMILES string of the molecule is O=C(NC(C1CCCCC1)C1CCC1)c1n[nH]c2c(F)cccc2c1=O. The number of carbonyl (C=O) groups is 1. The molecule has 0 aliphatic heterocycles. The van der Waals surface area contributed by atoms with Gasteiger partial charge in [0, 0.05) is 6.04 Å². The van der Waals surface area contributed by atoms with Crippen molar-refractivity contribution in [3.8, 4) is 0 Å². The van der Waals surface area contributed by atoms with E-state index < -0.39 is 17.2 Å². The van der Waals surface area contributed by atoms with Gasteiger partial charge in [-0.15, -0.1) is 0 Å². The highest BCUT2D eigenvalue weighted by atomic mass is 19.1. The Balaban J connectivity index is 1.60. The van der Waals surface area contributed by atoms with E-state index in [0.717, 1.165) is 25.7 Å². The largest absolute Gasteiger partial charge is 0.347 e. The summed E-state index contributed by atoms with van der Waals surface area (Å²) in [5, 5.41) is 9.68. The fourth-order valence-corrected chi connectivity index (χ4v) is 4.40. The van der Waals surface area contributed by atoms with Crippen molar-refractivity contribution in [1.29, 1.82) is 0 Å². The number of halogens is 1. The van der Waals surface area contributed by atoms with Crippen LogP contribution in [0.3, 0.4) is 0 Å². The zero-order chi connectivity index (χ0) is 18.1. The number of H-pyrrole nitrogens is 1. The summed E-state index contributed by atoms with van der Waals surface area (Å²) in [5.74, 6) is -0.0116. The van der Waals surface area contributed by atoms with E-state index >= 15 is 0 Å². The van der Waals surface area contributed by atoms with Gasteiger partial charge in [0.1, 0.15) is 11.3 Å². The predicted molar refractivity (Wildman–Crippen MR) is 97.5 cm³/mol. The van der Waals surface area contributed by atoms with Crippen LogP contribution in [-0.2, 0) is 0 Å². The molecule has 2 aliphatic rings. The van der Waals surface area contributed by atoms with Gasteiger partial charge in [-0.25, -0.2) is 4.39 Å². The molecule has 2 N–H and O–H groups in total. The van der Waals surface area contributed by atoms with Crippen molar-refractivity contribution in [1.82, 2.24) is 15.5 Å². The van der Waals surface area contributed by atoms with E-state index in [1.165, 1.54) is 43.9 Å². The molecule has 2 aliphatic carbocycles. The van der Waals surface area contributed by atoms with Crippen LogP contribution in [0.15, 0.2) is 23.0 Å². The Labute approximate surface area is 151 Å². The Bertz CT molecular complexity index is 869. The van der Waals surface area contributed by atoms with Gasteiger partial charge in [-0.3, -0.25) is 14.7 Å². The van der Waals surface area contributed by atoms with E-state index in [1.807, 2.05) is 0 Å². The fourth-order valence-electron chi connectivity index (χ4n) is 4.40. The average molecular weight is 357 g/mol. The highest BCUT2D eigenvalue weighted by Crippen LogP contribution is 2.38. The summed E-state index contributed by atoms with van der Waals surface area (Å²) in [6.45, 7) is 0. The van der Waals surface area contributed by atoms with Crippen LogP contribution in [0.25, 0.3) is 10.9 Å². The maximum absolute atomic E-state index is 13.8. The predicted octanol–water partition coefficient (Wildman–Crippen LogP) is 3.54. The monoisotopic (exact) mass is 357 g/mol. The zero-order valence-electron chi connectivity index (χ0n) is 14.8. The zero-order valence-corrected chi connectivity index (χ0v) is 14.8. The first-order valence-electron chi connectivity index (χ1n) is 9.63. The molecular formula is C20H24FN3O2. The Kier molecular flexibility index (Phi) is 4.74. The van der Waals surface area contributed by atoms with Crippen molar-refractivity contribution < 1.29 is 9.18 Å². The highest BCUT2D eigenvalue weighted by molar-refractivity contribution is 5.95. The summed E-state index contributed by atoms with van der Waals surface area (Å²) in [7, 11) is 0. The molecule has 4 rings (SSSR count). The molecule has 26 heavy (non-hydrogen) atoms. The highest BCUT2D eigenvalue weighted by Gasteiger charge is 2.35. The maximum Gasteiger partial charge on any atom is 0.276 e. The summed E-state index contributed by atoms with van der Waals surface area (Å²) in [4.78, 5) is 25.4. The molecule has 2 aromatic rings. The smallest absolute Gasteiger partial charge is 0.276 e. The van der Waals surface area contributed by atoms with Gasteiger partial charge >= 0.3 is 0 Å². The molecule has 1 unspecified atom stereocenters. The number of fused-ring (bicyclic) bond motifs is 1. The summed E-state index contributed by atoms with van der Waals surface area (Å²) in [6.07, 6.45) is 9.41. The molecule has 1 aromatic carbocycles. The Morgan fingerprint density at radius 1 is 1.12 bits per heavy atom. The van der Waals surface area contributed by atoms with Crippen molar-refractivity contribution in [3.63, 3.8) is 0 Å². The van der Waals surface area contributed by atoms with Crippen LogP contribution in [-0.4, -0.2) is 22.1 Å². The Hall–Kier alpha value is -2.24. The lowest BCUT2D eigenvalue weighted by Gasteiger charge is -2.40. The molecule has 6 heteroatoms. The van der Waals surface area contributed by atoms with E-state index in [0.29, 0.717) is 11.8 Å². The molecule has 1 heterocycles. The van der Waals surface area contributed by atoms with Crippen LogP contribution in [0.5, 0.6) is 0 Å². The van der Waals surface area contributed by atoms with E-state index in [-0.39, 0.29) is 22.6 Å². The molecule has 1 aromatic heterocycles. The number of nitrogens with zero attached hydrogens (tertiary/aromatic N) is 1. The average Bonchev–Trinajstić information content (AvgIpc) is 2.61. The van der Waals surface area contributed by atoms with Crippen LogP contribution in [0.2, 0.25) is 0 Å². The molecule has 0 radical (unpaired) electrons. The quantitative estimate of drug-likeness (QED) is 0.879. The van der Waals surface area contributed by atoms with Gasteiger partial charge in [0.05, 0.1) is 5.39 Å². The first kappa shape index (κ1) is 17.2. The third kappa shape index (κ3) is 3.13. The molecule has 0 saturated heterocycles. The number of benzene rings is 1. The maximum atomic E-state index is 13.8. The van der Waals surface area contributed by atoms with Crippen LogP contribution >= 0.6 is 0 Å². The minimum Gasteiger partial charge on any atom is -0.347 e. The van der Waals surface area contributed by atoms with Crippen LogP contribution in [0.1, 0.15) is 61.9 Å². The molecule has 1 atom stereocenters. The van der Waals surface area contributed by atoms with Gasteiger partial charge in [0.25, 0.3) is 5.91 Å². The van der Waals surface area contributed by atoms with Crippen LogP contribution < -0.4 is 10.7 Å². The van der Waals surface area contributed by atoms with Crippen LogP contribution in [0.4, 0.5) is 4.39 Å². The van der Waals surface area contributed by atoms with Crippen LogP contribution in [0, 0.1) is 17.7 Å². The number of para-hydroxylation sites is 1. The molecule has 1 amide bonds. The molecule has 0 bridgehead atoms. The van der Waals surface area contributed by atoms with E-state index in [1.54, 1.807) is 0 Å². The van der Waals surface area contributed by atoms with Gasteiger partial charge in [-0.05, 0) is 49.7 Å². The fraction of sp³-hybridized carbons (Fsp3) is 0.550. The van der Waals surface area contributed by atoms with Crippen molar-refractivity contribution in [2.75, 3.05) is 0 Å². The second-order valence-corrected chi connectivity index (χ2v) is 7.65. The lowest BCUT2D eigenvalue weighted by molar-refractivity contribution is 0.0824. The summed E-state index contributed by atoms with van der Waals surface area (Å²) in [6, 6.07) is 4.35. The lowest BCUT2D eigenvalue weighted by atomic mass is 9.71. The van der Waals surface area contributed by atoms with E-state index in [4.69, 9.17) is 0 Å². The normalized spacial score (nSPS) is 19.9. The standard InChI is InChI=1S/C20H24FN3O2/c21-15-11-5-10-14-17(15)23-24-18(19(14)25)20(26)22-16(13-8-4-9-13)12-6-2-1-3-7-12/h5,10-13,16H,1-4,6-9H2,(H,22,26)(H,23,25). The van der Waals surface area contributed by atoms with Crippen molar-refractivity contribution in [3.05, 3.63) is 39.9 Å². The number of hydrogen-bond acceptors (Lipinski definition) is 3. The van der Waals surface area contributed by atoms with Gasteiger partial charge in [-0.2, -0.15) is 5.10 Å². The number of aromatic nitrogens is 2. The van der Waals surface area contributed by atoms with Gasteiger partial charge in [0.2, 0.25) is 5.43 Å². The molecular weight excluding hydrogens is 333 g/mol. The van der Waals surface area contributed by atoms with E-state index in [9.17, 15) is 14.0 Å². The number of nitrogens with one attached hydrogen (secondary N) is 2. The number of aromatic amines is 1. The summed E-state index contributed by atoms with van der Waals surface area (Å²) in [5.41, 5.74) is -0.660. The molecule has 138 valence electrons. The summed E-state index contributed by atoms with van der Waals surface area (Å²) < 4.78 is 13.8. The summed E-state index contributed by atoms with van der Waals surface area (Å²) >= 11 is 0. The van der Waals surface area contributed by atoms with Crippen molar-refractivity contribution in [2.24, 2.45) is 11.8 Å². The number of amides is 1. The second kappa shape index (κ2) is 7.17. The first-order valence-corrected chi connectivity index (χ1v) is 9.63. The molecule has 2 fully saturated rings. The minimum atomic E-state index is -0.548. The molecule has 5 nitrogen and oxygen atoms in total. The van der Waals surface area contributed by atoms with E-state index in [2.05, 4.69) is 15.5 Å². The Morgan fingerprint density at radius 3 is 2.46 bits per heavy atom. The second-order valence-electron chi connectivity index (χ2n) is 7.65. The number of carbonyl (C=O) groups excluding carboxylic acids is 1. The number of rotatable bonds is 4. The minimum absolute atomic E-state index is 0.0388. The third-order valence-corrected chi connectivity index (χ3v) is 6.08. The first-order chi connectivity index (χ1) is 12.6. The number of hydrogen-bond donors (Lipinski definition) is 2. The topological polar surface area (TPSA) is 74.8 Å². The molecule has 2 saturated carbocycles. The van der Waals surface area contributed by atoms with Crippen molar-refractivity contribution in [2.45, 2.75) is 57.4 Å². The van der Waals surface area contributed by atoms with Crippen molar-refractivity contribution >= 4 is 16.8 Å².